The Balaban J connectivity index is 2.73. The summed E-state index contributed by atoms with van der Waals surface area (Å²) in [5.74, 6) is 0.975. The predicted molar refractivity (Wildman–Crippen MR) is 58.3 cm³/mol. The molecule has 0 saturated carbocycles. The lowest BCUT2D eigenvalue weighted by Gasteiger charge is -2.22. The van der Waals surface area contributed by atoms with E-state index >= 15 is 0 Å². The van der Waals surface area contributed by atoms with Crippen LogP contribution in [0.1, 0.15) is 19.0 Å². The van der Waals surface area contributed by atoms with Crippen LogP contribution in [0.15, 0.2) is 12.4 Å². The van der Waals surface area contributed by atoms with Crippen LogP contribution in [0.2, 0.25) is 0 Å². The quantitative estimate of drug-likeness (QED) is 0.758. The fraction of sp³-hybridized carbons (Fsp3) is 0.600. The highest BCUT2D eigenvalue weighted by atomic mass is 15.2. The van der Waals surface area contributed by atoms with E-state index in [0.717, 1.165) is 37.6 Å². The van der Waals surface area contributed by atoms with Crippen LogP contribution in [-0.2, 0) is 0 Å². The Hall–Kier alpha value is -1.16. The topological polar surface area (TPSA) is 55.0 Å². The summed E-state index contributed by atoms with van der Waals surface area (Å²) in [6.07, 6.45) is 4.44. The summed E-state index contributed by atoms with van der Waals surface area (Å²) in [6.45, 7) is 6.71. The maximum absolute atomic E-state index is 5.48. The Morgan fingerprint density at radius 1 is 1.36 bits per heavy atom. The molecule has 1 aromatic rings. The molecule has 1 heterocycles. The first-order valence-corrected chi connectivity index (χ1v) is 5.02. The van der Waals surface area contributed by atoms with Crippen molar-refractivity contribution in [2.45, 2.75) is 20.3 Å². The number of rotatable bonds is 5. The fourth-order valence-corrected chi connectivity index (χ4v) is 1.41. The van der Waals surface area contributed by atoms with Crippen LogP contribution in [-0.4, -0.2) is 29.6 Å². The fourth-order valence-electron chi connectivity index (χ4n) is 1.41. The lowest BCUT2D eigenvalue weighted by molar-refractivity contribution is 0.739. The van der Waals surface area contributed by atoms with Crippen LogP contribution in [0.5, 0.6) is 0 Å². The van der Waals surface area contributed by atoms with Gasteiger partial charge in [0.25, 0.3) is 0 Å². The Morgan fingerprint density at radius 3 is 2.64 bits per heavy atom. The average Bonchev–Trinajstić information content (AvgIpc) is 2.21. The second-order valence-corrected chi connectivity index (χ2v) is 3.19. The van der Waals surface area contributed by atoms with Gasteiger partial charge in [-0.15, -0.1) is 0 Å². The third-order valence-electron chi connectivity index (χ3n) is 2.17. The van der Waals surface area contributed by atoms with Crippen molar-refractivity contribution in [3.63, 3.8) is 0 Å². The first-order valence-electron chi connectivity index (χ1n) is 5.02. The van der Waals surface area contributed by atoms with Crippen molar-refractivity contribution in [3.8, 4) is 0 Å². The minimum atomic E-state index is 0.718. The molecule has 1 aromatic heterocycles. The van der Waals surface area contributed by atoms with Crippen molar-refractivity contribution < 1.29 is 0 Å². The highest BCUT2D eigenvalue weighted by Crippen LogP contribution is 2.13. The zero-order valence-electron chi connectivity index (χ0n) is 8.90. The van der Waals surface area contributed by atoms with Crippen molar-refractivity contribution in [2.24, 2.45) is 5.73 Å². The zero-order chi connectivity index (χ0) is 10.4. The molecule has 0 aliphatic heterocycles. The molecule has 2 N–H and O–H groups in total. The molecule has 1 rings (SSSR count). The lowest BCUT2D eigenvalue weighted by Crippen LogP contribution is -2.27. The second kappa shape index (κ2) is 5.54. The van der Waals surface area contributed by atoms with E-state index in [0.29, 0.717) is 0 Å². The molecule has 4 nitrogen and oxygen atoms in total. The number of hydrogen-bond acceptors (Lipinski definition) is 4. The molecule has 0 saturated heterocycles. The van der Waals surface area contributed by atoms with E-state index in [9.17, 15) is 0 Å². The van der Waals surface area contributed by atoms with Crippen molar-refractivity contribution in [1.29, 1.82) is 0 Å². The van der Waals surface area contributed by atoms with Crippen LogP contribution >= 0.6 is 0 Å². The number of nitrogens with zero attached hydrogens (tertiary/aromatic N) is 3. The van der Waals surface area contributed by atoms with E-state index in [4.69, 9.17) is 5.73 Å². The lowest BCUT2D eigenvalue weighted by atomic mass is 10.3. The predicted octanol–water partition coefficient (Wildman–Crippen LogP) is 0.960. The molecular formula is C10H18N4. The first kappa shape index (κ1) is 10.9. The third kappa shape index (κ3) is 2.67. The van der Waals surface area contributed by atoms with Gasteiger partial charge in [0.05, 0.1) is 5.69 Å². The summed E-state index contributed by atoms with van der Waals surface area (Å²) in [5.41, 5.74) is 6.46. The number of nitrogens with two attached hydrogens (primary N) is 1. The van der Waals surface area contributed by atoms with E-state index in [1.807, 2.05) is 6.92 Å². The zero-order valence-corrected chi connectivity index (χ0v) is 8.90. The summed E-state index contributed by atoms with van der Waals surface area (Å²) in [5, 5.41) is 0. The van der Waals surface area contributed by atoms with Crippen LogP contribution in [0.3, 0.4) is 0 Å². The maximum atomic E-state index is 5.48. The van der Waals surface area contributed by atoms with Gasteiger partial charge in [0.15, 0.2) is 0 Å². The van der Waals surface area contributed by atoms with Crippen molar-refractivity contribution >= 4 is 5.82 Å². The summed E-state index contributed by atoms with van der Waals surface area (Å²) in [4.78, 5) is 10.7. The van der Waals surface area contributed by atoms with Gasteiger partial charge in [-0.05, 0) is 26.8 Å². The van der Waals surface area contributed by atoms with Crippen LogP contribution in [0.25, 0.3) is 0 Å². The SMILES string of the molecule is CCN(CCCN)c1nccnc1C. The molecule has 0 spiro atoms. The summed E-state index contributed by atoms with van der Waals surface area (Å²) >= 11 is 0. The van der Waals surface area contributed by atoms with Gasteiger partial charge in [-0.2, -0.15) is 0 Å². The molecule has 0 unspecified atom stereocenters. The molecule has 4 heteroatoms. The molecule has 0 radical (unpaired) electrons. The van der Waals surface area contributed by atoms with Crippen LogP contribution < -0.4 is 10.6 Å². The van der Waals surface area contributed by atoms with Gasteiger partial charge < -0.3 is 10.6 Å². The van der Waals surface area contributed by atoms with Crippen molar-refractivity contribution in [2.75, 3.05) is 24.5 Å². The van der Waals surface area contributed by atoms with E-state index in [1.165, 1.54) is 0 Å². The van der Waals surface area contributed by atoms with Crippen molar-refractivity contribution in [1.82, 2.24) is 9.97 Å². The molecule has 0 amide bonds. The largest absolute Gasteiger partial charge is 0.355 e. The minimum Gasteiger partial charge on any atom is -0.355 e. The van der Waals surface area contributed by atoms with Gasteiger partial charge in [0.1, 0.15) is 5.82 Å². The minimum absolute atomic E-state index is 0.718. The standard InChI is InChI=1S/C10H18N4/c1-3-14(8-4-5-11)10-9(2)12-6-7-13-10/h6-7H,3-5,8,11H2,1-2H3. The Kier molecular flexibility index (Phi) is 4.32. The molecular weight excluding hydrogens is 176 g/mol. The van der Waals surface area contributed by atoms with Gasteiger partial charge in [0, 0.05) is 25.5 Å². The molecule has 78 valence electrons. The van der Waals surface area contributed by atoms with Gasteiger partial charge in [-0.25, -0.2) is 4.98 Å². The monoisotopic (exact) mass is 194 g/mol. The number of anilines is 1. The molecule has 0 aromatic carbocycles. The van der Waals surface area contributed by atoms with Crippen molar-refractivity contribution in [3.05, 3.63) is 18.1 Å². The smallest absolute Gasteiger partial charge is 0.150 e. The van der Waals surface area contributed by atoms with Crippen LogP contribution in [0.4, 0.5) is 5.82 Å². The van der Waals surface area contributed by atoms with Gasteiger partial charge in [-0.3, -0.25) is 4.98 Å². The molecule has 0 bridgehead atoms. The number of aryl methyl sites for hydroxylation is 1. The summed E-state index contributed by atoms with van der Waals surface area (Å²) in [7, 11) is 0. The number of hydrogen-bond donors (Lipinski definition) is 1. The van der Waals surface area contributed by atoms with Gasteiger partial charge in [0.2, 0.25) is 0 Å². The Morgan fingerprint density at radius 2 is 2.07 bits per heavy atom. The molecule has 0 aliphatic carbocycles. The first-order chi connectivity index (χ1) is 6.79. The Labute approximate surface area is 85.2 Å². The maximum Gasteiger partial charge on any atom is 0.150 e. The average molecular weight is 194 g/mol. The molecule has 0 aliphatic rings. The summed E-state index contributed by atoms with van der Waals surface area (Å²) < 4.78 is 0. The van der Waals surface area contributed by atoms with E-state index in [-0.39, 0.29) is 0 Å². The normalized spacial score (nSPS) is 10.2. The van der Waals surface area contributed by atoms with E-state index in [1.54, 1.807) is 12.4 Å². The Bertz CT molecular complexity index is 275. The van der Waals surface area contributed by atoms with E-state index in [2.05, 4.69) is 21.8 Å². The highest BCUT2D eigenvalue weighted by Gasteiger charge is 2.07. The molecule has 0 atom stereocenters. The second-order valence-electron chi connectivity index (χ2n) is 3.19. The third-order valence-corrected chi connectivity index (χ3v) is 2.17. The summed E-state index contributed by atoms with van der Waals surface area (Å²) in [6, 6.07) is 0. The molecule has 14 heavy (non-hydrogen) atoms. The van der Waals surface area contributed by atoms with Gasteiger partial charge in [-0.1, -0.05) is 0 Å². The van der Waals surface area contributed by atoms with Gasteiger partial charge >= 0.3 is 0 Å². The van der Waals surface area contributed by atoms with E-state index < -0.39 is 0 Å². The van der Waals surface area contributed by atoms with Crippen LogP contribution in [0, 0.1) is 6.92 Å². The number of aromatic nitrogens is 2. The molecule has 0 fully saturated rings. The highest BCUT2D eigenvalue weighted by molar-refractivity contribution is 5.41.